The molecule has 0 unspecified atom stereocenters. The number of benzene rings is 2. The highest BCUT2D eigenvalue weighted by Gasteiger charge is 2.18. The molecule has 0 aliphatic carbocycles. The predicted octanol–water partition coefficient (Wildman–Crippen LogP) is 4.56. The minimum absolute atomic E-state index is 0.0193. The van der Waals surface area contributed by atoms with Crippen molar-refractivity contribution < 1.29 is 23.8 Å². The van der Waals surface area contributed by atoms with Gasteiger partial charge in [-0.15, -0.1) is 0 Å². The quantitative estimate of drug-likeness (QED) is 0.178. The first kappa shape index (κ1) is 20.9. The molecule has 0 spiro atoms. The van der Waals surface area contributed by atoms with Gasteiger partial charge < -0.3 is 9.15 Å². The SMILES string of the molecule is COc1ccc([N+](=O)[O-])cc1-c1ccc(/C=C(\C#N)C(=O)c2cccc([N+](=O)[O-])c2)o1. The monoisotopic (exact) mass is 419 g/mol. The maximum Gasteiger partial charge on any atom is 0.270 e. The van der Waals surface area contributed by atoms with E-state index in [0.717, 1.165) is 6.07 Å². The molecule has 0 atom stereocenters. The predicted molar refractivity (Wildman–Crippen MR) is 108 cm³/mol. The van der Waals surface area contributed by atoms with Crippen LogP contribution in [-0.2, 0) is 0 Å². The van der Waals surface area contributed by atoms with E-state index in [1.54, 1.807) is 6.07 Å². The molecule has 154 valence electrons. The number of allylic oxidation sites excluding steroid dienone is 1. The lowest BCUT2D eigenvalue weighted by molar-refractivity contribution is -0.385. The summed E-state index contributed by atoms with van der Waals surface area (Å²) < 4.78 is 10.8. The highest BCUT2D eigenvalue weighted by molar-refractivity contribution is 6.14. The number of nitro benzene ring substituents is 2. The van der Waals surface area contributed by atoms with Gasteiger partial charge in [-0.1, -0.05) is 12.1 Å². The van der Waals surface area contributed by atoms with Crippen molar-refractivity contribution in [2.75, 3.05) is 7.11 Å². The van der Waals surface area contributed by atoms with E-state index in [-0.39, 0.29) is 34.0 Å². The Morgan fingerprint density at radius 3 is 2.42 bits per heavy atom. The van der Waals surface area contributed by atoms with Crippen molar-refractivity contribution in [1.29, 1.82) is 5.26 Å². The standard InChI is InChI=1S/C21H13N3O7/c1-30-19-7-5-16(24(28)29)11-18(19)20-8-6-17(31-20)10-14(12-22)21(25)13-3-2-4-15(9-13)23(26)27/h2-11H,1H3/b14-10+. The van der Waals surface area contributed by atoms with E-state index in [4.69, 9.17) is 9.15 Å². The number of furan rings is 1. The van der Waals surface area contributed by atoms with Crippen molar-refractivity contribution in [3.8, 4) is 23.1 Å². The summed E-state index contributed by atoms with van der Waals surface area (Å²) in [6.07, 6.45) is 1.19. The third kappa shape index (κ3) is 4.46. The van der Waals surface area contributed by atoms with Crippen LogP contribution in [0.1, 0.15) is 16.1 Å². The normalized spacial score (nSPS) is 10.9. The van der Waals surface area contributed by atoms with Crippen LogP contribution in [0.15, 0.2) is 64.6 Å². The Morgan fingerprint density at radius 2 is 1.77 bits per heavy atom. The molecule has 1 aromatic heterocycles. The van der Waals surface area contributed by atoms with E-state index in [0.29, 0.717) is 11.3 Å². The zero-order chi connectivity index (χ0) is 22.5. The molecule has 0 radical (unpaired) electrons. The van der Waals surface area contributed by atoms with Crippen molar-refractivity contribution in [2.24, 2.45) is 0 Å². The Labute approximate surface area is 174 Å². The first-order chi connectivity index (χ1) is 14.8. The van der Waals surface area contributed by atoms with E-state index < -0.39 is 15.6 Å². The molecule has 0 aliphatic rings. The van der Waals surface area contributed by atoms with E-state index in [2.05, 4.69) is 0 Å². The number of ketones is 1. The zero-order valence-corrected chi connectivity index (χ0v) is 16.0. The maximum atomic E-state index is 12.6. The third-order valence-corrected chi connectivity index (χ3v) is 4.26. The number of rotatable bonds is 7. The van der Waals surface area contributed by atoms with Crippen LogP contribution in [0.3, 0.4) is 0 Å². The molecule has 31 heavy (non-hydrogen) atoms. The summed E-state index contributed by atoms with van der Waals surface area (Å²) in [5, 5.41) is 31.4. The van der Waals surface area contributed by atoms with Crippen LogP contribution in [0.4, 0.5) is 11.4 Å². The number of nitrogens with zero attached hydrogens (tertiary/aromatic N) is 3. The molecule has 0 saturated carbocycles. The minimum atomic E-state index is -0.711. The van der Waals surface area contributed by atoms with Crippen LogP contribution in [-0.4, -0.2) is 22.7 Å². The number of nitriles is 1. The number of carbonyl (C=O) groups is 1. The molecular formula is C21H13N3O7. The number of hydrogen-bond donors (Lipinski definition) is 0. The van der Waals surface area contributed by atoms with Gasteiger partial charge in [0.05, 0.1) is 22.5 Å². The van der Waals surface area contributed by atoms with Crippen molar-refractivity contribution in [3.63, 3.8) is 0 Å². The van der Waals surface area contributed by atoms with Crippen molar-refractivity contribution in [1.82, 2.24) is 0 Å². The molecule has 0 N–H and O–H groups in total. The van der Waals surface area contributed by atoms with Gasteiger partial charge in [-0.25, -0.2) is 0 Å². The van der Waals surface area contributed by atoms with Crippen LogP contribution < -0.4 is 4.74 Å². The molecule has 0 amide bonds. The van der Waals surface area contributed by atoms with Gasteiger partial charge in [-0.2, -0.15) is 5.26 Å². The molecule has 3 rings (SSSR count). The topological polar surface area (TPSA) is 150 Å². The second kappa shape index (κ2) is 8.71. The molecule has 3 aromatic rings. The molecule has 2 aromatic carbocycles. The van der Waals surface area contributed by atoms with Gasteiger partial charge in [0.25, 0.3) is 11.4 Å². The third-order valence-electron chi connectivity index (χ3n) is 4.26. The van der Waals surface area contributed by atoms with Crippen LogP contribution in [0.5, 0.6) is 5.75 Å². The fourth-order valence-electron chi connectivity index (χ4n) is 2.78. The lowest BCUT2D eigenvalue weighted by atomic mass is 10.0. The Bertz CT molecular complexity index is 1270. The minimum Gasteiger partial charge on any atom is -0.496 e. The van der Waals surface area contributed by atoms with Gasteiger partial charge in [-0.3, -0.25) is 25.0 Å². The number of hydrogen-bond acceptors (Lipinski definition) is 8. The van der Waals surface area contributed by atoms with Crippen LogP contribution >= 0.6 is 0 Å². The number of Topliss-reactive ketones (excluding diaryl/α,β-unsaturated/α-hetero) is 1. The molecule has 10 nitrogen and oxygen atoms in total. The lowest BCUT2D eigenvalue weighted by Crippen LogP contribution is -2.02. The number of nitro groups is 2. The van der Waals surface area contributed by atoms with E-state index in [1.807, 2.05) is 0 Å². The fourth-order valence-corrected chi connectivity index (χ4v) is 2.78. The Balaban J connectivity index is 1.97. The van der Waals surface area contributed by atoms with Crippen LogP contribution in [0.25, 0.3) is 17.4 Å². The summed E-state index contributed by atoms with van der Waals surface area (Å²) in [7, 11) is 1.40. The second-order valence-electron chi connectivity index (χ2n) is 6.15. The number of ether oxygens (including phenoxy) is 1. The van der Waals surface area contributed by atoms with E-state index in [9.17, 15) is 30.3 Å². The van der Waals surface area contributed by atoms with Gasteiger partial charge in [0.15, 0.2) is 0 Å². The Morgan fingerprint density at radius 1 is 1.06 bits per heavy atom. The van der Waals surface area contributed by atoms with Gasteiger partial charge >= 0.3 is 0 Å². The first-order valence-electron chi connectivity index (χ1n) is 8.67. The molecule has 0 fully saturated rings. The maximum absolute atomic E-state index is 12.6. The van der Waals surface area contributed by atoms with Gasteiger partial charge in [0.2, 0.25) is 5.78 Å². The number of carbonyl (C=O) groups excluding carboxylic acids is 1. The first-order valence-corrected chi connectivity index (χ1v) is 8.67. The average molecular weight is 419 g/mol. The summed E-state index contributed by atoms with van der Waals surface area (Å²) in [4.78, 5) is 33.4. The second-order valence-corrected chi connectivity index (χ2v) is 6.15. The molecule has 10 heteroatoms. The Hall–Kier alpha value is -4.78. The summed E-state index contributed by atoms with van der Waals surface area (Å²) in [5.41, 5.74) is -0.439. The summed E-state index contributed by atoms with van der Waals surface area (Å²) in [5.74, 6) is -0.00786. The lowest BCUT2D eigenvalue weighted by Gasteiger charge is -2.05. The van der Waals surface area contributed by atoms with Gasteiger partial charge in [0.1, 0.15) is 28.9 Å². The molecule has 0 aliphatic heterocycles. The van der Waals surface area contributed by atoms with Gasteiger partial charge in [0, 0.05) is 35.9 Å². The smallest absolute Gasteiger partial charge is 0.270 e. The number of methoxy groups -OCH3 is 1. The van der Waals surface area contributed by atoms with Crippen LogP contribution in [0, 0.1) is 31.6 Å². The Kier molecular flexibility index (Phi) is 5.88. The van der Waals surface area contributed by atoms with Crippen LogP contribution in [0.2, 0.25) is 0 Å². The highest BCUT2D eigenvalue weighted by atomic mass is 16.6. The van der Waals surface area contributed by atoms with Crippen molar-refractivity contribution >= 4 is 23.2 Å². The van der Waals surface area contributed by atoms with Crippen molar-refractivity contribution in [2.45, 2.75) is 0 Å². The largest absolute Gasteiger partial charge is 0.496 e. The molecular weight excluding hydrogens is 406 g/mol. The molecule has 0 saturated heterocycles. The molecule has 0 bridgehead atoms. The summed E-state index contributed by atoms with van der Waals surface area (Å²) in [6, 6.07) is 13.8. The fraction of sp³-hybridized carbons (Fsp3) is 0.0476. The van der Waals surface area contributed by atoms with Crippen molar-refractivity contribution in [3.05, 3.63) is 91.7 Å². The summed E-state index contributed by atoms with van der Waals surface area (Å²) in [6.45, 7) is 0. The summed E-state index contributed by atoms with van der Waals surface area (Å²) >= 11 is 0. The highest BCUT2D eigenvalue weighted by Crippen LogP contribution is 2.34. The van der Waals surface area contributed by atoms with Gasteiger partial charge in [-0.05, 0) is 18.2 Å². The zero-order valence-electron chi connectivity index (χ0n) is 16.0. The van der Waals surface area contributed by atoms with E-state index >= 15 is 0 Å². The average Bonchev–Trinajstić information content (AvgIpc) is 3.25. The number of non-ortho nitro benzene ring substituents is 2. The molecule has 1 heterocycles. The van der Waals surface area contributed by atoms with E-state index in [1.165, 1.54) is 61.7 Å².